The van der Waals surface area contributed by atoms with Crippen LogP contribution in [0.4, 0.5) is 5.69 Å². The van der Waals surface area contributed by atoms with Crippen LogP contribution in [0.5, 0.6) is 5.75 Å². The van der Waals surface area contributed by atoms with Crippen LogP contribution >= 0.6 is 0 Å². The fourth-order valence-corrected chi connectivity index (χ4v) is 3.43. The molecule has 2 aromatic carbocycles. The SMILES string of the molecule is COc1ccc2c(C)c(CCC(=O)OC(C)C(=O)Nc3cc(C)ccc3C)c(=O)oc2c1. The number of carbonyl (C=O) groups excluding carboxylic acids is 2. The maximum Gasteiger partial charge on any atom is 0.339 e. The lowest BCUT2D eigenvalue weighted by Gasteiger charge is -2.15. The van der Waals surface area contributed by atoms with E-state index in [0.717, 1.165) is 22.1 Å². The molecule has 0 spiro atoms. The molecule has 0 aliphatic rings. The van der Waals surface area contributed by atoms with Crippen LogP contribution in [0.15, 0.2) is 45.6 Å². The van der Waals surface area contributed by atoms with E-state index in [9.17, 15) is 14.4 Å². The number of methoxy groups -OCH3 is 1. The van der Waals surface area contributed by atoms with Crippen LogP contribution in [0.3, 0.4) is 0 Å². The van der Waals surface area contributed by atoms with Gasteiger partial charge in [0.25, 0.3) is 5.91 Å². The molecule has 0 saturated carbocycles. The lowest BCUT2D eigenvalue weighted by Crippen LogP contribution is -2.30. The molecule has 1 unspecified atom stereocenters. The molecule has 0 radical (unpaired) electrons. The number of amides is 1. The number of hydrogen-bond acceptors (Lipinski definition) is 6. The van der Waals surface area contributed by atoms with Crippen LogP contribution < -0.4 is 15.7 Å². The molecule has 7 heteroatoms. The average molecular weight is 437 g/mol. The lowest BCUT2D eigenvalue weighted by molar-refractivity contribution is -0.153. The van der Waals surface area contributed by atoms with E-state index in [1.54, 1.807) is 12.1 Å². The van der Waals surface area contributed by atoms with Crippen LogP contribution in [-0.4, -0.2) is 25.1 Å². The molecule has 1 atom stereocenters. The van der Waals surface area contributed by atoms with E-state index in [-0.39, 0.29) is 12.8 Å². The Hall–Kier alpha value is -3.61. The minimum Gasteiger partial charge on any atom is -0.497 e. The molecule has 0 bridgehead atoms. The van der Waals surface area contributed by atoms with Crippen molar-refractivity contribution in [1.82, 2.24) is 0 Å². The van der Waals surface area contributed by atoms with Crippen LogP contribution in [0.25, 0.3) is 11.0 Å². The standard InChI is InChI=1S/C25H27NO6/c1-14-6-7-15(2)21(12-14)26-24(28)17(4)31-23(27)11-10-20-16(3)19-9-8-18(30-5)13-22(19)32-25(20)29/h6-9,12-13,17H,10-11H2,1-5H3,(H,26,28). The molecule has 0 aliphatic heterocycles. The van der Waals surface area contributed by atoms with Gasteiger partial charge in [-0.05, 0) is 69.0 Å². The Morgan fingerprint density at radius 2 is 1.84 bits per heavy atom. The Labute approximate surface area is 186 Å². The first-order valence-electron chi connectivity index (χ1n) is 10.4. The van der Waals surface area contributed by atoms with Gasteiger partial charge in [-0.3, -0.25) is 9.59 Å². The van der Waals surface area contributed by atoms with E-state index in [0.29, 0.717) is 22.6 Å². The van der Waals surface area contributed by atoms with Crippen molar-refractivity contribution in [1.29, 1.82) is 0 Å². The number of ether oxygens (including phenoxy) is 2. The Morgan fingerprint density at radius 1 is 1.09 bits per heavy atom. The molecule has 3 rings (SSSR count). The highest BCUT2D eigenvalue weighted by atomic mass is 16.5. The first-order chi connectivity index (χ1) is 15.2. The molecule has 1 aromatic heterocycles. The average Bonchev–Trinajstić information content (AvgIpc) is 2.75. The second-order valence-electron chi connectivity index (χ2n) is 7.79. The second-order valence-corrected chi connectivity index (χ2v) is 7.79. The van der Waals surface area contributed by atoms with E-state index in [1.807, 2.05) is 45.0 Å². The Kier molecular flexibility index (Phi) is 6.98. The lowest BCUT2D eigenvalue weighted by atomic mass is 10.0. The minimum absolute atomic E-state index is 0.0473. The van der Waals surface area contributed by atoms with Crippen molar-refractivity contribution >= 4 is 28.5 Å². The Balaban J connectivity index is 1.64. The van der Waals surface area contributed by atoms with Gasteiger partial charge in [0.05, 0.1) is 7.11 Å². The van der Waals surface area contributed by atoms with Gasteiger partial charge in [0.15, 0.2) is 6.10 Å². The zero-order valence-corrected chi connectivity index (χ0v) is 18.9. The summed E-state index contributed by atoms with van der Waals surface area (Å²) in [4.78, 5) is 37.2. The monoisotopic (exact) mass is 437 g/mol. The highest BCUT2D eigenvalue weighted by Crippen LogP contribution is 2.24. The molecule has 32 heavy (non-hydrogen) atoms. The summed E-state index contributed by atoms with van der Waals surface area (Å²) >= 11 is 0. The number of carbonyl (C=O) groups is 2. The summed E-state index contributed by atoms with van der Waals surface area (Å²) in [6, 6.07) is 11.0. The third-order valence-corrected chi connectivity index (χ3v) is 5.40. The van der Waals surface area contributed by atoms with Gasteiger partial charge >= 0.3 is 11.6 Å². The van der Waals surface area contributed by atoms with Gasteiger partial charge in [-0.15, -0.1) is 0 Å². The van der Waals surface area contributed by atoms with Crippen molar-refractivity contribution < 1.29 is 23.5 Å². The summed E-state index contributed by atoms with van der Waals surface area (Å²) in [7, 11) is 1.54. The normalized spacial score (nSPS) is 11.8. The third-order valence-electron chi connectivity index (χ3n) is 5.40. The molecule has 3 aromatic rings. The van der Waals surface area contributed by atoms with Gasteiger partial charge in [-0.2, -0.15) is 0 Å². The molecular weight excluding hydrogens is 410 g/mol. The van der Waals surface area contributed by atoms with Gasteiger partial charge in [0, 0.05) is 29.1 Å². The van der Waals surface area contributed by atoms with Crippen LogP contribution in [-0.2, 0) is 20.7 Å². The van der Waals surface area contributed by atoms with Crippen molar-refractivity contribution in [3.05, 3.63) is 69.1 Å². The molecule has 1 amide bonds. The predicted octanol–water partition coefficient (Wildman–Crippen LogP) is 4.23. The van der Waals surface area contributed by atoms with E-state index in [2.05, 4.69) is 5.32 Å². The van der Waals surface area contributed by atoms with Gasteiger partial charge < -0.3 is 19.2 Å². The minimum atomic E-state index is -0.969. The van der Waals surface area contributed by atoms with Gasteiger partial charge in [0.2, 0.25) is 0 Å². The van der Waals surface area contributed by atoms with Gasteiger partial charge in [-0.1, -0.05) is 12.1 Å². The molecule has 7 nitrogen and oxygen atoms in total. The fraction of sp³-hybridized carbons (Fsp3) is 0.320. The highest BCUT2D eigenvalue weighted by Gasteiger charge is 2.20. The van der Waals surface area contributed by atoms with Crippen LogP contribution in [0.2, 0.25) is 0 Å². The number of hydrogen-bond donors (Lipinski definition) is 1. The number of aryl methyl sites for hydroxylation is 3. The molecule has 0 saturated heterocycles. The molecular formula is C25H27NO6. The Bertz CT molecular complexity index is 1230. The van der Waals surface area contributed by atoms with E-state index in [4.69, 9.17) is 13.9 Å². The van der Waals surface area contributed by atoms with E-state index < -0.39 is 23.6 Å². The number of anilines is 1. The van der Waals surface area contributed by atoms with Crippen molar-refractivity contribution in [2.75, 3.05) is 12.4 Å². The van der Waals surface area contributed by atoms with Crippen molar-refractivity contribution in [3.63, 3.8) is 0 Å². The molecule has 1 heterocycles. The van der Waals surface area contributed by atoms with Crippen molar-refractivity contribution in [2.45, 2.75) is 46.6 Å². The molecule has 168 valence electrons. The van der Waals surface area contributed by atoms with E-state index in [1.165, 1.54) is 14.0 Å². The smallest absolute Gasteiger partial charge is 0.339 e. The second kappa shape index (κ2) is 9.68. The summed E-state index contributed by atoms with van der Waals surface area (Å²) < 4.78 is 15.8. The highest BCUT2D eigenvalue weighted by molar-refractivity contribution is 5.95. The number of esters is 1. The third kappa shape index (κ3) is 5.17. The number of rotatable bonds is 7. The van der Waals surface area contributed by atoms with Crippen molar-refractivity contribution in [2.24, 2.45) is 0 Å². The maximum atomic E-state index is 12.4. The zero-order chi connectivity index (χ0) is 23.4. The Morgan fingerprint density at radius 3 is 2.56 bits per heavy atom. The summed E-state index contributed by atoms with van der Waals surface area (Å²) in [6.45, 7) is 7.15. The van der Waals surface area contributed by atoms with Gasteiger partial charge in [0.1, 0.15) is 11.3 Å². The van der Waals surface area contributed by atoms with E-state index >= 15 is 0 Å². The maximum absolute atomic E-state index is 12.4. The van der Waals surface area contributed by atoms with Crippen LogP contribution in [0, 0.1) is 20.8 Å². The predicted molar refractivity (Wildman–Crippen MR) is 122 cm³/mol. The van der Waals surface area contributed by atoms with Crippen molar-refractivity contribution in [3.8, 4) is 5.75 Å². The number of benzene rings is 2. The molecule has 1 N–H and O–H groups in total. The fourth-order valence-electron chi connectivity index (χ4n) is 3.43. The first kappa shape index (κ1) is 23.1. The summed E-state index contributed by atoms with van der Waals surface area (Å²) in [6.07, 6.45) is -0.863. The number of fused-ring (bicyclic) bond motifs is 1. The summed E-state index contributed by atoms with van der Waals surface area (Å²) in [5, 5.41) is 3.56. The topological polar surface area (TPSA) is 94.8 Å². The molecule has 0 fully saturated rings. The summed E-state index contributed by atoms with van der Waals surface area (Å²) in [5.41, 5.74) is 3.68. The summed E-state index contributed by atoms with van der Waals surface area (Å²) in [5.74, 6) is -0.394. The first-order valence-corrected chi connectivity index (χ1v) is 10.4. The number of nitrogens with one attached hydrogen (secondary N) is 1. The zero-order valence-electron chi connectivity index (χ0n) is 18.9. The van der Waals surface area contributed by atoms with Crippen LogP contribution in [0.1, 0.15) is 35.6 Å². The molecule has 0 aliphatic carbocycles. The largest absolute Gasteiger partial charge is 0.497 e. The van der Waals surface area contributed by atoms with Gasteiger partial charge in [-0.25, -0.2) is 4.79 Å². The quantitative estimate of drug-likeness (QED) is 0.439.